The Hall–Kier alpha value is -1.75. The van der Waals surface area contributed by atoms with Gasteiger partial charge in [0.2, 0.25) is 5.95 Å². The maximum atomic E-state index is 12.8. The molecule has 0 atom stereocenters. The van der Waals surface area contributed by atoms with Crippen LogP contribution in [0.4, 0.5) is 4.39 Å². The summed E-state index contributed by atoms with van der Waals surface area (Å²) in [7, 11) is 0. The molecule has 3 aromatic rings. The van der Waals surface area contributed by atoms with Crippen molar-refractivity contribution in [2.24, 2.45) is 0 Å². The largest absolute Gasteiger partial charge is 0.338 e. The Kier molecular flexibility index (Phi) is 2.63. The summed E-state index contributed by atoms with van der Waals surface area (Å²) < 4.78 is 13.7. The lowest BCUT2D eigenvalue weighted by Crippen LogP contribution is -1.84. The van der Waals surface area contributed by atoms with Crippen molar-refractivity contribution >= 4 is 27.0 Å². The molecule has 1 N–H and O–H groups in total. The molecule has 0 aliphatic carbocycles. The number of aryl methyl sites for hydroxylation is 1. The van der Waals surface area contributed by atoms with Gasteiger partial charge in [-0.2, -0.15) is 4.39 Å². The van der Waals surface area contributed by atoms with Gasteiger partial charge in [-0.05, 0) is 52.7 Å². The van der Waals surface area contributed by atoms with Gasteiger partial charge in [0.05, 0.1) is 5.52 Å². The molecule has 2 aromatic heterocycles. The van der Waals surface area contributed by atoms with Crippen LogP contribution >= 0.6 is 15.9 Å². The van der Waals surface area contributed by atoms with Crippen LogP contribution in [0.2, 0.25) is 0 Å². The van der Waals surface area contributed by atoms with Crippen LogP contribution in [0.25, 0.3) is 22.4 Å². The Balaban J connectivity index is 2.19. The number of aromatic nitrogens is 3. The first-order chi connectivity index (χ1) is 8.63. The van der Waals surface area contributed by atoms with E-state index < -0.39 is 5.95 Å². The fourth-order valence-electron chi connectivity index (χ4n) is 1.86. The zero-order valence-corrected chi connectivity index (χ0v) is 11.1. The predicted octanol–water partition coefficient (Wildman–Crippen LogP) is 3.83. The number of hydrogen-bond acceptors (Lipinski definition) is 2. The summed E-state index contributed by atoms with van der Waals surface area (Å²) in [4.78, 5) is 11.3. The molecule has 0 aliphatic rings. The van der Waals surface area contributed by atoms with E-state index in [1.165, 1.54) is 12.3 Å². The zero-order valence-electron chi connectivity index (χ0n) is 9.54. The van der Waals surface area contributed by atoms with E-state index in [4.69, 9.17) is 0 Å². The molecule has 18 heavy (non-hydrogen) atoms. The molecule has 3 rings (SSSR count). The van der Waals surface area contributed by atoms with Crippen LogP contribution in [0.3, 0.4) is 0 Å². The number of imidazole rings is 1. The molecule has 0 saturated carbocycles. The van der Waals surface area contributed by atoms with E-state index >= 15 is 0 Å². The third kappa shape index (κ3) is 1.90. The normalized spacial score (nSPS) is 11.1. The topological polar surface area (TPSA) is 41.6 Å². The van der Waals surface area contributed by atoms with Gasteiger partial charge in [0.25, 0.3) is 0 Å². The Morgan fingerprint density at radius 1 is 1.28 bits per heavy atom. The van der Waals surface area contributed by atoms with Crippen molar-refractivity contribution in [3.05, 3.63) is 46.4 Å². The molecule has 0 amide bonds. The van der Waals surface area contributed by atoms with Crippen molar-refractivity contribution in [2.75, 3.05) is 0 Å². The van der Waals surface area contributed by atoms with Gasteiger partial charge >= 0.3 is 0 Å². The van der Waals surface area contributed by atoms with Gasteiger partial charge in [-0.3, -0.25) is 0 Å². The Labute approximate surface area is 111 Å². The van der Waals surface area contributed by atoms with Crippen molar-refractivity contribution < 1.29 is 4.39 Å². The van der Waals surface area contributed by atoms with Crippen LogP contribution < -0.4 is 0 Å². The molecule has 5 heteroatoms. The number of nitrogens with one attached hydrogen (secondary N) is 1. The van der Waals surface area contributed by atoms with Gasteiger partial charge in [0, 0.05) is 16.2 Å². The summed E-state index contributed by atoms with van der Waals surface area (Å²) in [5.41, 5.74) is 3.71. The molecule has 3 nitrogen and oxygen atoms in total. The minimum atomic E-state index is -0.494. The number of pyridine rings is 1. The monoisotopic (exact) mass is 305 g/mol. The zero-order chi connectivity index (χ0) is 12.7. The standard InChI is InChI=1S/C13H9BrFN3/c1-7-4-9(14)12-10(5-7)17-13(18-12)8-2-3-11(15)16-6-8/h2-6H,1H3,(H,17,18). The highest BCUT2D eigenvalue weighted by molar-refractivity contribution is 9.10. The number of halogens is 2. The lowest BCUT2D eigenvalue weighted by atomic mass is 10.2. The molecule has 2 heterocycles. The third-order valence-electron chi connectivity index (χ3n) is 2.69. The van der Waals surface area contributed by atoms with Crippen molar-refractivity contribution in [1.29, 1.82) is 0 Å². The number of rotatable bonds is 1. The lowest BCUT2D eigenvalue weighted by molar-refractivity contribution is 0.584. The highest BCUT2D eigenvalue weighted by atomic mass is 79.9. The van der Waals surface area contributed by atoms with Gasteiger partial charge in [0.15, 0.2) is 0 Å². The molecule has 0 radical (unpaired) electrons. The molecular formula is C13H9BrFN3. The number of hydrogen-bond donors (Lipinski definition) is 1. The van der Waals surface area contributed by atoms with Crippen LogP contribution in [0.15, 0.2) is 34.9 Å². The summed E-state index contributed by atoms with van der Waals surface area (Å²) in [5, 5.41) is 0. The molecule has 0 bridgehead atoms. The van der Waals surface area contributed by atoms with E-state index in [0.29, 0.717) is 5.82 Å². The summed E-state index contributed by atoms with van der Waals surface area (Å²) in [6.45, 7) is 2.02. The molecule has 0 aliphatic heterocycles. The predicted molar refractivity (Wildman–Crippen MR) is 71.7 cm³/mol. The van der Waals surface area contributed by atoms with Crippen LogP contribution in [0, 0.1) is 12.9 Å². The molecular weight excluding hydrogens is 297 g/mol. The second-order valence-corrected chi connectivity index (χ2v) is 4.95. The van der Waals surface area contributed by atoms with Crippen LogP contribution in [0.5, 0.6) is 0 Å². The van der Waals surface area contributed by atoms with Crippen LogP contribution in [-0.4, -0.2) is 15.0 Å². The van der Waals surface area contributed by atoms with Gasteiger partial charge in [0.1, 0.15) is 11.3 Å². The van der Waals surface area contributed by atoms with Crippen LogP contribution in [0.1, 0.15) is 5.56 Å². The third-order valence-corrected chi connectivity index (χ3v) is 3.29. The summed E-state index contributed by atoms with van der Waals surface area (Å²) in [6, 6.07) is 7.01. The van der Waals surface area contributed by atoms with Gasteiger partial charge in [-0.15, -0.1) is 0 Å². The fourth-order valence-corrected chi connectivity index (χ4v) is 2.53. The number of benzene rings is 1. The van der Waals surface area contributed by atoms with E-state index in [0.717, 1.165) is 26.6 Å². The Bertz CT molecular complexity index is 719. The number of aromatic amines is 1. The van der Waals surface area contributed by atoms with Gasteiger partial charge < -0.3 is 4.98 Å². The Morgan fingerprint density at radius 2 is 2.11 bits per heavy atom. The molecule has 1 aromatic carbocycles. The Morgan fingerprint density at radius 3 is 2.83 bits per heavy atom. The number of nitrogens with zero attached hydrogens (tertiary/aromatic N) is 2. The minimum absolute atomic E-state index is 0.494. The van der Waals surface area contributed by atoms with Crippen molar-refractivity contribution in [1.82, 2.24) is 15.0 Å². The maximum absolute atomic E-state index is 12.8. The lowest BCUT2D eigenvalue weighted by Gasteiger charge is -1.94. The van der Waals surface area contributed by atoms with Crippen LogP contribution in [-0.2, 0) is 0 Å². The van der Waals surface area contributed by atoms with E-state index in [-0.39, 0.29) is 0 Å². The average Bonchev–Trinajstić information content (AvgIpc) is 2.74. The first kappa shape index (κ1) is 11.3. The fraction of sp³-hybridized carbons (Fsp3) is 0.0769. The van der Waals surface area contributed by atoms with E-state index in [1.807, 2.05) is 19.1 Å². The van der Waals surface area contributed by atoms with Crippen molar-refractivity contribution in [3.8, 4) is 11.4 Å². The minimum Gasteiger partial charge on any atom is -0.338 e. The number of fused-ring (bicyclic) bond motifs is 1. The highest BCUT2D eigenvalue weighted by Gasteiger charge is 2.09. The molecule has 0 unspecified atom stereocenters. The van der Waals surface area contributed by atoms with E-state index in [9.17, 15) is 4.39 Å². The average molecular weight is 306 g/mol. The quantitative estimate of drug-likeness (QED) is 0.694. The molecule has 0 saturated heterocycles. The van der Waals surface area contributed by atoms with Crippen molar-refractivity contribution in [3.63, 3.8) is 0 Å². The summed E-state index contributed by atoms with van der Waals surface area (Å²) in [6.07, 6.45) is 1.47. The molecule has 0 fully saturated rings. The smallest absolute Gasteiger partial charge is 0.212 e. The second kappa shape index (κ2) is 4.17. The van der Waals surface area contributed by atoms with Crippen molar-refractivity contribution in [2.45, 2.75) is 6.92 Å². The first-order valence-corrected chi connectivity index (χ1v) is 6.20. The van der Waals surface area contributed by atoms with E-state index in [1.54, 1.807) is 6.07 Å². The summed E-state index contributed by atoms with van der Waals surface area (Å²) in [5.74, 6) is 0.190. The number of H-pyrrole nitrogens is 1. The maximum Gasteiger partial charge on any atom is 0.212 e. The first-order valence-electron chi connectivity index (χ1n) is 5.41. The molecule has 90 valence electrons. The molecule has 0 spiro atoms. The SMILES string of the molecule is Cc1cc(Br)c2nc(-c3ccc(F)nc3)[nH]c2c1. The second-order valence-electron chi connectivity index (χ2n) is 4.10. The summed E-state index contributed by atoms with van der Waals surface area (Å²) >= 11 is 3.49. The van der Waals surface area contributed by atoms with Gasteiger partial charge in [-0.1, -0.05) is 0 Å². The highest BCUT2D eigenvalue weighted by Crippen LogP contribution is 2.27. The van der Waals surface area contributed by atoms with E-state index in [2.05, 4.69) is 30.9 Å². The van der Waals surface area contributed by atoms with Gasteiger partial charge in [-0.25, -0.2) is 9.97 Å².